The van der Waals surface area contributed by atoms with Crippen molar-refractivity contribution in [3.63, 3.8) is 0 Å². The minimum Gasteiger partial charge on any atom is -0.379 e. The lowest BCUT2D eigenvalue weighted by Gasteiger charge is -2.00. The minimum absolute atomic E-state index is 0.0355. The molecule has 3 unspecified atom stereocenters. The van der Waals surface area contributed by atoms with E-state index in [4.69, 9.17) is 19.5 Å². The first kappa shape index (κ1) is 10.5. The molecule has 0 spiro atoms. The molecule has 1 rings (SSSR count). The molecule has 4 heteroatoms. The van der Waals surface area contributed by atoms with E-state index in [9.17, 15) is 0 Å². The SMILES string of the molecule is CCOCCOC1OC1C(C)C#N. The van der Waals surface area contributed by atoms with Gasteiger partial charge in [-0.2, -0.15) is 5.26 Å². The summed E-state index contributed by atoms with van der Waals surface area (Å²) in [7, 11) is 0. The van der Waals surface area contributed by atoms with Crippen molar-refractivity contribution in [1.82, 2.24) is 0 Å². The Balaban J connectivity index is 1.98. The fourth-order valence-corrected chi connectivity index (χ4v) is 1.04. The summed E-state index contributed by atoms with van der Waals surface area (Å²) in [5.74, 6) is -0.0860. The molecule has 1 saturated heterocycles. The monoisotopic (exact) mass is 185 g/mol. The molecule has 3 atom stereocenters. The summed E-state index contributed by atoms with van der Waals surface area (Å²) in [6.07, 6.45) is -0.221. The smallest absolute Gasteiger partial charge is 0.185 e. The second-order valence-corrected chi connectivity index (χ2v) is 2.95. The highest BCUT2D eigenvalue weighted by molar-refractivity contribution is 4.94. The molecular weight excluding hydrogens is 170 g/mol. The van der Waals surface area contributed by atoms with Crippen molar-refractivity contribution < 1.29 is 14.2 Å². The van der Waals surface area contributed by atoms with Gasteiger partial charge in [-0.05, 0) is 13.8 Å². The second kappa shape index (κ2) is 5.18. The van der Waals surface area contributed by atoms with Gasteiger partial charge < -0.3 is 14.2 Å². The maximum Gasteiger partial charge on any atom is 0.185 e. The van der Waals surface area contributed by atoms with Gasteiger partial charge in [0.05, 0.1) is 25.2 Å². The van der Waals surface area contributed by atoms with Gasteiger partial charge in [-0.3, -0.25) is 0 Å². The Labute approximate surface area is 78.4 Å². The maximum absolute atomic E-state index is 8.56. The average molecular weight is 185 g/mol. The van der Waals surface area contributed by atoms with Crippen molar-refractivity contribution in [2.45, 2.75) is 26.2 Å². The summed E-state index contributed by atoms with van der Waals surface area (Å²) in [6.45, 7) is 5.59. The van der Waals surface area contributed by atoms with E-state index in [1.807, 2.05) is 13.8 Å². The third-order valence-corrected chi connectivity index (χ3v) is 1.89. The van der Waals surface area contributed by atoms with Gasteiger partial charge in [0.25, 0.3) is 0 Å². The van der Waals surface area contributed by atoms with E-state index in [-0.39, 0.29) is 18.3 Å². The molecule has 0 aromatic rings. The van der Waals surface area contributed by atoms with Crippen molar-refractivity contribution in [1.29, 1.82) is 5.26 Å². The number of nitriles is 1. The standard InChI is InChI=1S/C9H15NO3/c1-3-11-4-5-12-9-8(13-9)7(2)6-10/h7-9H,3-5H2,1-2H3. The van der Waals surface area contributed by atoms with Crippen LogP contribution in [0, 0.1) is 17.2 Å². The van der Waals surface area contributed by atoms with E-state index < -0.39 is 0 Å². The number of rotatable bonds is 6. The molecule has 0 amide bonds. The molecule has 1 aliphatic rings. The van der Waals surface area contributed by atoms with Crippen LogP contribution >= 0.6 is 0 Å². The van der Waals surface area contributed by atoms with E-state index in [1.54, 1.807) is 0 Å². The lowest BCUT2D eigenvalue weighted by Crippen LogP contribution is -2.10. The molecule has 4 nitrogen and oxygen atoms in total. The average Bonchev–Trinajstić information content (AvgIpc) is 2.91. The lowest BCUT2D eigenvalue weighted by molar-refractivity contribution is 0.00742. The molecule has 74 valence electrons. The highest BCUT2D eigenvalue weighted by Gasteiger charge is 2.44. The molecule has 1 fully saturated rings. The first-order valence-corrected chi connectivity index (χ1v) is 4.54. The van der Waals surface area contributed by atoms with Gasteiger partial charge >= 0.3 is 0 Å². The van der Waals surface area contributed by atoms with Crippen molar-refractivity contribution >= 4 is 0 Å². The summed E-state index contributed by atoms with van der Waals surface area (Å²) >= 11 is 0. The zero-order valence-corrected chi connectivity index (χ0v) is 8.03. The van der Waals surface area contributed by atoms with Crippen LogP contribution in [0.25, 0.3) is 0 Å². The number of hydrogen-bond acceptors (Lipinski definition) is 4. The zero-order valence-electron chi connectivity index (χ0n) is 8.03. The van der Waals surface area contributed by atoms with Gasteiger partial charge in [-0.25, -0.2) is 0 Å². The van der Waals surface area contributed by atoms with Crippen LogP contribution in [-0.4, -0.2) is 32.2 Å². The van der Waals surface area contributed by atoms with E-state index in [1.165, 1.54) is 0 Å². The molecule has 1 heterocycles. The van der Waals surface area contributed by atoms with Crippen molar-refractivity contribution in [3.05, 3.63) is 0 Å². The Kier molecular flexibility index (Phi) is 4.16. The molecule has 0 aliphatic carbocycles. The summed E-state index contributed by atoms with van der Waals surface area (Å²) in [6, 6.07) is 2.12. The van der Waals surface area contributed by atoms with Gasteiger partial charge in [0, 0.05) is 6.61 Å². The molecular formula is C9H15NO3. The summed E-state index contributed by atoms with van der Waals surface area (Å²) in [5.41, 5.74) is 0. The predicted molar refractivity (Wildman–Crippen MR) is 45.9 cm³/mol. The van der Waals surface area contributed by atoms with Crippen LogP contribution in [0.4, 0.5) is 0 Å². The van der Waals surface area contributed by atoms with Gasteiger partial charge in [-0.15, -0.1) is 0 Å². The summed E-state index contributed by atoms with van der Waals surface area (Å²) in [5, 5.41) is 8.56. The lowest BCUT2D eigenvalue weighted by atomic mass is 10.1. The van der Waals surface area contributed by atoms with Crippen LogP contribution in [0.2, 0.25) is 0 Å². The van der Waals surface area contributed by atoms with E-state index in [2.05, 4.69) is 6.07 Å². The first-order valence-electron chi connectivity index (χ1n) is 4.54. The molecule has 0 aromatic carbocycles. The minimum atomic E-state index is -0.185. The van der Waals surface area contributed by atoms with Crippen LogP contribution < -0.4 is 0 Å². The van der Waals surface area contributed by atoms with Crippen LogP contribution in [0.1, 0.15) is 13.8 Å². The van der Waals surface area contributed by atoms with Gasteiger partial charge in [0.1, 0.15) is 6.10 Å². The van der Waals surface area contributed by atoms with Gasteiger partial charge in [0.2, 0.25) is 0 Å². The normalized spacial score (nSPS) is 28.1. The Bertz CT molecular complexity index is 190. The summed E-state index contributed by atoms with van der Waals surface area (Å²) in [4.78, 5) is 0. The number of hydrogen-bond donors (Lipinski definition) is 0. The molecule has 0 radical (unpaired) electrons. The van der Waals surface area contributed by atoms with Crippen LogP contribution in [0.15, 0.2) is 0 Å². The molecule has 13 heavy (non-hydrogen) atoms. The molecule has 0 saturated carbocycles. The second-order valence-electron chi connectivity index (χ2n) is 2.95. The number of ether oxygens (including phenoxy) is 3. The maximum atomic E-state index is 8.56. The largest absolute Gasteiger partial charge is 0.379 e. The van der Waals surface area contributed by atoms with Crippen molar-refractivity contribution in [3.8, 4) is 6.07 Å². The molecule has 0 bridgehead atoms. The van der Waals surface area contributed by atoms with Crippen molar-refractivity contribution in [2.75, 3.05) is 19.8 Å². The highest BCUT2D eigenvalue weighted by Crippen LogP contribution is 2.29. The van der Waals surface area contributed by atoms with Crippen LogP contribution in [0.3, 0.4) is 0 Å². The van der Waals surface area contributed by atoms with Crippen LogP contribution in [0.5, 0.6) is 0 Å². The third-order valence-electron chi connectivity index (χ3n) is 1.89. The van der Waals surface area contributed by atoms with E-state index >= 15 is 0 Å². The summed E-state index contributed by atoms with van der Waals surface area (Å²) < 4.78 is 15.5. The Hall–Kier alpha value is -0.630. The Morgan fingerprint density at radius 3 is 2.92 bits per heavy atom. The first-order chi connectivity index (χ1) is 6.29. The quantitative estimate of drug-likeness (QED) is 0.456. The molecule has 1 aliphatic heterocycles. The van der Waals surface area contributed by atoms with E-state index in [0.717, 1.165) is 0 Å². The topological polar surface area (TPSA) is 54.8 Å². The number of nitrogens with zero attached hydrogens (tertiary/aromatic N) is 1. The Morgan fingerprint density at radius 1 is 1.54 bits per heavy atom. The number of epoxide rings is 1. The zero-order chi connectivity index (χ0) is 9.68. The van der Waals surface area contributed by atoms with Gasteiger partial charge in [-0.1, -0.05) is 0 Å². The van der Waals surface area contributed by atoms with E-state index in [0.29, 0.717) is 19.8 Å². The third kappa shape index (κ3) is 3.31. The van der Waals surface area contributed by atoms with Crippen LogP contribution in [-0.2, 0) is 14.2 Å². The fraction of sp³-hybridized carbons (Fsp3) is 0.889. The highest BCUT2D eigenvalue weighted by atomic mass is 16.8. The molecule has 0 N–H and O–H groups in total. The Morgan fingerprint density at radius 2 is 2.31 bits per heavy atom. The van der Waals surface area contributed by atoms with Crippen molar-refractivity contribution in [2.24, 2.45) is 5.92 Å². The fourth-order valence-electron chi connectivity index (χ4n) is 1.04. The van der Waals surface area contributed by atoms with Gasteiger partial charge in [0.15, 0.2) is 6.29 Å². The predicted octanol–water partition coefficient (Wildman–Crippen LogP) is 0.924. The molecule has 0 aromatic heterocycles.